The van der Waals surface area contributed by atoms with Gasteiger partial charge < -0.3 is 14.5 Å². The molecule has 0 spiro atoms. The van der Waals surface area contributed by atoms with Crippen LogP contribution in [0.5, 0.6) is 0 Å². The van der Waals surface area contributed by atoms with Gasteiger partial charge in [0.15, 0.2) is 11.5 Å². The highest BCUT2D eigenvalue weighted by atomic mass is 16.5. The summed E-state index contributed by atoms with van der Waals surface area (Å²) in [6.45, 7) is 7.41. The van der Waals surface area contributed by atoms with Crippen LogP contribution in [0.2, 0.25) is 0 Å². The molecule has 152 valence electrons. The van der Waals surface area contributed by atoms with Gasteiger partial charge in [-0.1, -0.05) is 0 Å². The van der Waals surface area contributed by atoms with Gasteiger partial charge in [-0.25, -0.2) is 19.5 Å². The molecule has 3 aromatic rings. The molecule has 2 aliphatic heterocycles. The Kier molecular flexibility index (Phi) is 5.01. The van der Waals surface area contributed by atoms with Gasteiger partial charge >= 0.3 is 0 Å². The molecule has 0 saturated carbocycles. The first-order valence-electron chi connectivity index (χ1n) is 10.5. The largest absolute Gasteiger partial charge is 0.378 e. The van der Waals surface area contributed by atoms with Gasteiger partial charge in [-0.05, 0) is 37.8 Å². The average molecular weight is 393 g/mol. The third kappa shape index (κ3) is 3.89. The Morgan fingerprint density at radius 2 is 1.90 bits per heavy atom. The molecule has 8 heteroatoms. The number of rotatable bonds is 4. The second-order valence-electron chi connectivity index (χ2n) is 7.94. The molecule has 29 heavy (non-hydrogen) atoms. The second-order valence-corrected chi connectivity index (χ2v) is 7.94. The Labute approximate surface area is 170 Å². The lowest BCUT2D eigenvalue weighted by Gasteiger charge is -2.32. The van der Waals surface area contributed by atoms with Gasteiger partial charge in [0, 0.05) is 50.6 Å². The van der Waals surface area contributed by atoms with Crippen LogP contribution in [-0.2, 0) is 11.2 Å². The van der Waals surface area contributed by atoms with Crippen molar-refractivity contribution in [3.63, 3.8) is 0 Å². The maximum absolute atomic E-state index is 5.49. The molecule has 3 aromatic heterocycles. The smallest absolute Gasteiger partial charge is 0.178 e. The van der Waals surface area contributed by atoms with Crippen molar-refractivity contribution in [1.82, 2.24) is 24.6 Å². The molecule has 2 saturated heterocycles. The van der Waals surface area contributed by atoms with Gasteiger partial charge in [0.25, 0.3) is 0 Å². The van der Waals surface area contributed by atoms with E-state index >= 15 is 0 Å². The van der Waals surface area contributed by atoms with E-state index in [4.69, 9.17) is 14.8 Å². The minimum Gasteiger partial charge on any atom is -0.378 e. The SMILES string of the molecule is Cc1cc(N2CCC(Cc3nc4c(N5CCOCC5)cccn4n3)CC2)ncn1. The summed E-state index contributed by atoms with van der Waals surface area (Å²) in [6, 6.07) is 6.26. The van der Waals surface area contributed by atoms with E-state index in [-0.39, 0.29) is 0 Å². The monoisotopic (exact) mass is 393 g/mol. The maximum atomic E-state index is 5.49. The number of hydrogen-bond acceptors (Lipinski definition) is 7. The summed E-state index contributed by atoms with van der Waals surface area (Å²) in [5, 5.41) is 4.76. The van der Waals surface area contributed by atoms with Gasteiger partial charge in [0.2, 0.25) is 0 Å². The maximum Gasteiger partial charge on any atom is 0.178 e. The van der Waals surface area contributed by atoms with Crippen LogP contribution >= 0.6 is 0 Å². The molecule has 5 rings (SSSR count). The Morgan fingerprint density at radius 1 is 1.07 bits per heavy atom. The zero-order valence-electron chi connectivity index (χ0n) is 16.9. The standard InChI is InChI=1S/C21H27N7O/c1-16-13-20(23-15-22-16)27-7-4-17(5-8-27)14-19-24-21-18(3-2-6-28(21)25-19)26-9-11-29-12-10-26/h2-3,6,13,15,17H,4-5,7-12,14H2,1H3. The van der Waals surface area contributed by atoms with Crippen LogP contribution in [0.4, 0.5) is 11.5 Å². The number of pyridine rings is 1. The van der Waals surface area contributed by atoms with Gasteiger partial charge in [0.05, 0.1) is 18.9 Å². The number of morpholine rings is 1. The predicted octanol–water partition coefficient (Wildman–Crippen LogP) is 2.12. The molecule has 0 unspecified atom stereocenters. The molecule has 8 nitrogen and oxygen atoms in total. The number of aromatic nitrogens is 5. The predicted molar refractivity (Wildman–Crippen MR) is 111 cm³/mol. The highest BCUT2D eigenvalue weighted by Gasteiger charge is 2.23. The van der Waals surface area contributed by atoms with Gasteiger partial charge in [0.1, 0.15) is 12.1 Å². The minimum atomic E-state index is 0.610. The van der Waals surface area contributed by atoms with Crippen LogP contribution in [0.3, 0.4) is 0 Å². The zero-order chi connectivity index (χ0) is 19.6. The molecule has 0 aromatic carbocycles. The van der Waals surface area contributed by atoms with E-state index in [0.717, 1.165) is 87.3 Å². The van der Waals surface area contributed by atoms with E-state index in [1.54, 1.807) is 6.33 Å². The molecular weight excluding hydrogens is 366 g/mol. The third-order valence-electron chi connectivity index (χ3n) is 5.94. The number of piperidine rings is 1. The van der Waals surface area contributed by atoms with Crippen LogP contribution < -0.4 is 9.80 Å². The fourth-order valence-corrected chi connectivity index (χ4v) is 4.31. The van der Waals surface area contributed by atoms with Crippen molar-refractivity contribution < 1.29 is 4.74 Å². The summed E-state index contributed by atoms with van der Waals surface area (Å²) in [4.78, 5) is 18.2. The molecule has 0 aliphatic carbocycles. The lowest BCUT2D eigenvalue weighted by Crippen LogP contribution is -2.36. The lowest BCUT2D eigenvalue weighted by molar-refractivity contribution is 0.123. The van der Waals surface area contributed by atoms with Crippen molar-refractivity contribution in [2.45, 2.75) is 26.2 Å². The molecule has 5 heterocycles. The van der Waals surface area contributed by atoms with E-state index in [9.17, 15) is 0 Å². The van der Waals surface area contributed by atoms with Crippen LogP contribution in [0.15, 0.2) is 30.7 Å². The first-order chi connectivity index (χ1) is 14.3. The van der Waals surface area contributed by atoms with Crippen molar-refractivity contribution >= 4 is 17.2 Å². The van der Waals surface area contributed by atoms with Crippen molar-refractivity contribution in [2.75, 3.05) is 49.2 Å². The quantitative estimate of drug-likeness (QED) is 0.672. The summed E-state index contributed by atoms with van der Waals surface area (Å²) in [7, 11) is 0. The second kappa shape index (κ2) is 7.94. The molecule has 0 N–H and O–H groups in total. The summed E-state index contributed by atoms with van der Waals surface area (Å²) < 4.78 is 7.42. The number of nitrogens with zero attached hydrogens (tertiary/aromatic N) is 7. The summed E-state index contributed by atoms with van der Waals surface area (Å²) in [5.41, 5.74) is 3.13. The minimum absolute atomic E-state index is 0.610. The van der Waals surface area contributed by atoms with Crippen molar-refractivity contribution in [3.05, 3.63) is 42.2 Å². The molecule has 2 aliphatic rings. The molecule has 0 radical (unpaired) electrons. The highest BCUT2D eigenvalue weighted by molar-refractivity contribution is 5.68. The highest BCUT2D eigenvalue weighted by Crippen LogP contribution is 2.26. The number of hydrogen-bond donors (Lipinski definition) is 0. The van der Waals surface area contributed by atoms with E-state index < -0.39 is 0 Å². The van der Waals surface area contributed by atoms with E-state index in [0.29, 0.717) is 5.92 Å². The summed E-state index contributed by atoms with van der Waals surface area (Å²) in [5.74, 6) is 2.59. The topological polar surface area (TPSA) is 71.7 Å². The molecule has 0 amide bonds. The Balaban J connectivity index is 1.26. The van der Waals surface area contributed by atoms with Crippen molar-refractivity contribution in [3.8, 4) is 0 Å². The number of ether oxygens (including phenoxy) is 1. The van der Waals surface area contributed by atoms with Crippen LogP contribution in [-0.4, -0.2) is 64.0 Å². The van der Waals surface area contributed by atoms with Gasteiger partial charge in [-0.2, -0.15) is 5.10 Å². The molecular formula is C21H27N7O. The Morgan fingerprint density at radius 3 is 2.69 bits per heavy atom. The molecule has 0 atom stereocenters. The molecule has 0 bridgehead atoms. The van der Waals surface area contributed by atoms with Crippen LogP contribution in [0, 0.1) is 12.8 Å². The third-order valence-corrected chi connectivity index (χ3v) is 5.94. The van der Waals surface area contributed by atoms with E-state index in [1.165, 1.54) is 0 Å². The Hall–Kier alpha value is -2.74. The lowest BCUT2D eigenvalue weighted by atomic mass is 9.93. The Bertz CT molecular complexity index is 974. The van der Waals surface area contributed by atoms with Gasteiger partial charge in [-0.15, -0.1) is 0 Å². The van der Waals surface area contributed by atoms with Crippen LogP contribution in [0.1, 0.15) is 24.4 Å². The average Bonchev–Trinajstić information content (AvgIpc) is 3.17. The fourth-order valence-electron chi connectivity index (χ4n) is 4.31. The summed E-state index contributed by atoms with van der Waals surface area (Å²) >= 11 is 0. The molecule has 2 fully saturated rings. The van der Waals surface area contributed by atoms with E-state index in [2.05, 4.69) is 38.0 Å². The van der Waals surface area contributed by atoms with Crippen LogP contribution in [0.25, 0.3) is 5.65 Å². The first kappa shape index (κ1) is 18.3. The number of aryl methyl sites for hydroxylation is 1. The van der Waals surface area contributed by atoms with Crippen molar-refractivity contribution in [1.29, 1.82) is 0 Å². The zero-order valence-corrected chi connectivity index (χ0v) is 16.9. The fraction of sp³-hybridized carbons (Fsp3) is 0.524. The normalized spacial score (nSPS) is 18.5. The first-order valence-corrected chi connectivity index (χ1v) is 10.5. The van der Waals surface area contributed by atoms with Gasteiger partial charge in [-0.3, -0.25) is 0 Å². The summed E-state index contributed by atoms with van der Waals surface area (Å²) in [6.07, 6.45) is 6.85. The number of anilines is 2. The van der Waals surface area contributed by atoms with Crippen molar-refractivity contribution in [2.24, 2.45) is 5.92 Å². The van der Waals surface area contributed by atoms with E-state index in [1.807, 2.05) is 17.6 Å². The number of fused-ring (bicyclic) bond motifs is 1.